The first-order valence-electron chi connectivity index (χ1n) is 7.96. The monoisotopic (exact) mass is 328 g/mol. The highest BCUT2D eigenvalue weighted by molar-refractivity contribution is 5.87. The van der Waals surface area contributed by atoms with Gasteiger partial charge in [-0.2, -0.15) is 0 Å². The molecule has 2 aromatic carbocycles. The number of hydrogen-bond donors (Lipinski definition) is 0. The van der Waals surface area contributed by atoms with E-state index >= 15 is 0 Å². The van der Waals surface area contributed by atoms with E-state index in [1.807, 2.05) is 64.1 Å². The Morgan fingerprint density at radius 2 is 1.42 bits per heavy atom. The summed E-state index contributed by atoms with van der Waals surface area (Å²) in [6.45, 7) is 10.3. The molecule has 128 valence electrons. The number of benzene rings is 2. The summed E-state index contributed by atoms with van der Waals surface area (Å²) in [5.41, 5.74) is 0.416. The Morgan fingerprint density at radius 3 is 2.00 bits per heavy atom. The standard InChI is InChI=1S/C20H24O4/c1-13(21)23-19(3,4)16-10-11-17-15(12-16)8-7-9-18(17)20(5,6)24-14(2)22/h7-12H,1-6H3. The van der Waals surface area contributed by atoms with Gasteiger partial charge >= 0.3 is 11.9 Å². The van der Waals surface area contributed by atoms with Crippen molar-refractivity contribution < 1.29 is 19.1 Å². The number of hydrogen-bond acceptors (Lipinski definition) is 4. The third kappa shape index (κ3) is 3.75. The molecule has 0 atom stereocenters. The molecule has 0 radical (unpaired) electrons. The molecule has 0 aliphatic carbocycles. The Balaban J connectivity index is 2.54. The molecule has 24 heavy (non-hydrogen) atoms. The molecule has 0 N–H and O–H groups in total. The van der Waals surface area contributed by atoms with E-state index in [0.29, 0.717) is 0 Å². The van der Waals surface area contributed by atoms with Crippen LogP contribution in [0.4, 0.5) is 0 Å². The first-order valence-corrected chi connectivity index (χ1v) is 7.96. The Hall–Kier alpha value is -2.36. The van der Waals surface area contributed by atoms with E-state index in [9.17, 15) is 9.59 Å². The first-order chi connectivity index (χ1) is 11.0. The second-order valence-electron chi connectivity index (χ2n) is 6.95. The van der Waals surface area contributed by atoms with Gasteiger partial charge in [-0.3, -0.25) is 9.59 Å². The fraction of sp³-hybridized carbons (Fsp3) is 0.400. The van der Waals surface area contributed by atoms with E-state index in [1.165, 1.54) is 13.8 Å². The van der Waals surface area contributed by atoms with Gasteiger partial charge in [0.05, 0.1) is 0 Å². The molecule has 0 aromatic heterocycles. The van der Waals surface area contributed by atoms with Crippen LogP contribution in [0.1, 0.15) is 52.7 Å². The highest BCUT2D eigenvalue weighted by Gasteiger charge is 2.28. The summed E-state index contributed by atoms with van der Waals surface area (Å²) in [7, 11) is 0. The molecular formula is C20H24O4. The van der Waals surface area contributed by atoms with Crippen LogP contribution < -0.4 is 0 Å². The molecule has 0 saturated carbocycles. The van der Waals surface area contributed by atoms with Crippen molar-refractivity contribution in [3.05, 3.63) is 47.5 Å². The van der Waals surface area contributed by atoms with Gasteiger partial charge in [0.2, 0.25) is 0 Å². The summed E-state index contributed by atoms with van der Waals surface area (Å²) in [5, 5.41) is 2.01. The molecule has 0 aliphatic rings. The summed E-state index contributed by atoms with van der Waals surface area (Å²) in [6, 6.07) is 11.8. The van der Waals surface area contributed by atoms with Crippen LogP contribution in [0.5, 0.6) is 0 Å². The zero-order valence-corrected chi connectivity index (χ0v) is 15.1. The topological polar surface area (TPSA) is 52.6 Å². The fourth-order valence-electron chi connectivity index (χ4n) is 3.02. The third-order valence-electron chi connectivity index (χ3n) is 4.02. The van der Waals surface area contributed by atoms with Gasteiger partial charge in [0.25, 0.3) is 0 Å². The van der Waals surface area contributed by atoms with Crippen LogP contribution in [-0.4, -0.2) is 11.9 Å². The Bertz CT molecular complexity index is 787. The zero-order valence-electron chi connectivity index (χ0n) is 15.1. The molecule has 4 nitrogen and oxygen atoms in total. The van der Waals surface area contributed by atoms with Crippen LogP contribution in [0.15, 0.2) is 36.4 Å². The van der Waals surface area contributed by atoms with E-state index in [-0.39, 0.29) is 11.9 Å². The second kappa shape index (κ2) is 6.27. The maximum atomic E-state index is 11.4. The van der Waals surface area contributed by atoms with E-state index in [1.54, 1.807) is 0 Å². The van der Waals surface area contributed by atoms with Crippen molar-refractivity contribution in [3.63, 3.8) is 0 Å². The first kappa shape index (κ1) is 18.0. The van der Waals surface area contributed by atoms with Crippen molar-refractivity contribution in [2.45, 2.75) is 52.7 Å². The molecule has 0 spiro atoms. The molecular weight excluding hydrogens is 304 g/mol. The SMILES string of the molecule is CC(=O)OC(C)(C)c1ccc2c(C(C)(C)OC(C)=O)cccc2c1. The highest BCUT2D eigenvalue weighted by Crippen LogP contribution is 2.34. The molecule has 0 amide bonds. The van der Waals surface area contributed by atoms with Crippen LogP contribution in [0.2, 0.25) is 0 Å². The molecule has 0 bridgehead atoms. The van der Waals surface area contributed by atoms with Crippen molar-refractivity contribution >= 4 is 22.7 Å². The van der Waals surface area contributed by atoms with Gasteiger partial charge in [-0.05, 0) is 50.1 Å². The minimum absolute atomic E-state index is 0.315. The summed E-state index contributed by atoms with van der Waals surface area (Å²) in [4.78, 5) is 22.7. The quantitative estimate of drug-likeness (QED) is 0.779. The largest absolute Gasteiger partial charge is 0.455 e. The molecule has 2 aromatic rings. The normalized spacial score (nSPS) is 12.1. The summed E-state index contributed by atoms with van der Waals surface area (Å²) in [5.74, 6) is -0.630. The molecule has 4 heteroatoms. The average molecular weight is 328 g/mol. The van der Waals surface area contributed by atoms with E-state index in [2.05, 4.69) is 0 Å². The number of fused-ring (bicyclic) bond motifs is 1. The van der Waals surface area contributed by atoms with E-state index in [0.717, 1.165) is 21.9 Å². The van der Waals surface area contributed by atoms with Gasteiger partial charge in [0.15, 0.2) is 0 Å². The van der Waals surface area contributed by atoms with Gasteiger partial charge in [0.1, 0.15) is 11.2 Å². The van der Waals surface area contributed by atoms with Crippen molar-refractivity contribution in [1.82, 2.24) is 0 Å². The molecule has 2 rings (SSSR count). The number of ether oxygens (including phenoxy) is 2. The number of carbonyl (C=O) groups excluding carboxylic acids is 2. The lowest BCUT2D eigenvalue weighted by molar-refractivity contribution is -0.155. The van der Waals surface area contributed by atoms with Gasteiger partial charge in [0, 0.05) is 19.4 Å². The van der Waals surface area contributed by atoms with Crippen molar-refractivity contribution in [2.75, 3.05) is 0 Å². The smallest absolute Gasteiger partial charge is 0.303 e. The molecule has 0 heterocycles. The maximum absolute atomic E-state index is 11.4. The minimum Gasteiger partial charge on any atom is -0.455 e. The lowest BCUT2D eigenvalue weighted by atomic mass is 9.89. The minimum atomic E-state index is -0.724. The molecule has 0 saturated heterocycles. The van der Waals surface area contributed by atoms with Gasteiger partial charge in [-0.1, -0.05) is 30.3 Å². The average Bonchev–Trinajstić information content (AvgIpc) is 2.43. The molecule has 0 unspecified atom stereocenters. The van der Waals surface area contributed by atoms with E-state index < -0.39 is 11.2 Å². The van der Waals surface area contributed by atoms with Gasteiger partial charge in [-0.15, -0.1) is 0 Å². The Kier molecular flexibility index (Phi) is 4.70. The Labute approximate surface area is 142 Å². The lowest BCUT2D eigenvalue weighted by Gasteiger charge is -2.28. The zero-order chi connectivity index (χ0) is 18.1. The third-order valence-corrected chi connectivity index (χ3v) is 4.02. The van der Waals surface area contributed by atoms with Crippen LogP contribution in [0, 0.1) is 0 Å². The number of rotatable bonds is 4. The Morgan fingerprint density at radius 1 is 0.833 bits per heavy atom. The second-order valence-corrected chi connectivity index (χ2v) is 6.95. The predicted octanol–water partition coefficient (Wildman–Crippen LogP) is 4.44. The molecule has 0 fully saturated rings. The van der Waals surface area contributed by atoms with Crippen molar-refractivity contribution in [3.8, 4) is 0 Å². The number of esters is 2. The predicted molar refractivity (Wildman–Crippen MR) is 93.5 cm³/mol. The van der Waals surface area contributed by atoms with Crippen molar-refractivity contribution in [2.24, 2.45) is 0 Å². The summed E-state index contributed by atoms with van der Waals surface area (Å²) < 4.78 is 10.9. The summed E-state index contributed by atoms with van der Waals surface area (Å²) >= 11 is 0. The molecule has 0 aliphatic heterocycles. The van der Waals surface area contributed by atoms with Crippen LogP contribution in [-0.2, 0) is 30.3 Å². The number of carbonyl (C=O) groups is 2. The lowest BCUT2D eigenvalue weighted by Crippen LogP contribution is -2.25. The van der Waals surface area contributed by atoms with Gasteiger partial charge in [-0.25, -0.2) is 0 Å². The highest BCUT2D eigenvalue weighted by atomic mass is 16.6. The van der Waals surface area contributed by atoms with E-state index in [4.69, 9.17) is 9.47 Å². The van der Waals surface area contributed by atoms with Crippen LogP contribution in [0.25, 0.3) is 10.8 Å². The van der Waals surface area contributed by atoms with Crippen LogP contribution in [0.3, 0.4) is 0 Å². The van der Waals surface area contributed by atoms with Crippen molar-refractivity contribution in [1.29, 1.82) is 0 Å². The van der Waals surface area contributed by atoms with Crippen LogP contribution >= 0.6 is 0 Å². The van der Waals surface area contributed by atoms with Gasteiger partial charge < -0.3 is 9.47 Å². The maximum Gasteiger partial charge on any atom is 0.303 e. The fourth-order valence-corrected chi connectivity index (χ4v) is 3.02. The summed E-state index contributed by atoms with van der Waals surface area (Å²) in [6.07, 6.45) is 0.